The second-order valence-corrected chi connectivity index (χ2v) is 29.2. The zero-order valence-electron chi connectivity index (χ0n) is 66.7. The molecule has 17 nitrogen and oxygen atoms in total. The Kier molecular flexibility index (Phi) is 74.5. The lowest BCUT2D eigenvalue weighted by atomic mass is 10.0. The summed E-state index contributed by atoms with van der Waals surface area (Å²) in [5, 5.41) is 10.6. The van der Waals surface area contributed by atoms with Gasteiger partial charge in [-0.15, -0.1) is 0 Å². The van der Waals surface area contributed by atoms with Crippen LogP contribution in [0.2, 0.25) is 0 Å². The van der Waals surface area contributed by atoms with Crippen molar-refractivity contribution in [2.75, 3.05) is 39.6 Å². The van der Waals surface area contributed by atoms with Gasteiger partial charge in [-0.25, -0.2) is 9.13 Å². The molecule has 0 fully saturated rings. The molecule has 0 radical (unpaired) electrons. The predicted octanol–water partition coefficient (Wildman–Crippen LogP) is 24.1. The molecule has 610 valence electrons. The molecule has 19 heteroatoms. The number of carbonyl (C=O) groups excluding carboxylic acids is 4. The van der Waals surface area contributed by atoms with E-state index in [1.54, 1.807) is 0 Å². The van der Waals surface area contributed by atoms with Crippen LogP contribution in [0.5, 0.6) is 0 Å². The van der Waals surface area contributed by atoms with Gasteiger partial charge < -0.3 is 33.8 Å². The highest BCUT2D eigenvalue weighted by molar-refractivity contribution is 7.47. The van der Waals surface area contributed by atoms with E-state index >= 15 is 0 Å². The molecule has 108 heavy (non-hydrogen) atoms. The molecule has 0 heterocycles. The second kappa shape index (κ2) is 79.0. The van der Waals surface area contributed by atoms with Gasteiger partial charge in [0.1, 0.15) is 19.3 Å². The summed E-state index contributed by atoms with van der Waals surface area (Å²) in [5.41, 5.74) is 0. The van der Waals surface area contributed by atoms with E-state index in [2.05, 4.69) is 174 Å². The highest BCUT2D eigenvalue weighted by Gasteiger charge is 2.30. The van der Waals surface area contributed by atoms with Crippen molar-refractivity contribution < 1.29 is 80.2 Å². The van der Waals surface area contributed by atoms with Crippen LogP contribution in [0.25, 0.3) is 0 Å². The summed E-state index contributed by atoms with van der Waals surface area (Å²) in [6, 6.07) is 0. The third-order valence-corrected chi connectivity index (χ3v) is 18.0. The van der Waals surface area contributed by atoms with E-state index in [9.17, 15) is 43.2 Å². The highest BCUT2D eigenvalue weighted by Crippen LogP contribution is 2.45. The van der Waals surface area contributed by atoms with E-state index in [1.807, 2.05) is 48.6 Å². The van der Waals surface area contributed by atoms with E-state index in [-0.39, 0.29) is 25.7 Å². The fourth-order valence-electron chi connectivity index (χ4n) is 9.97. The molecule has 0 amide bonds. The Hall–Kier alpha value is -6.10. The van der Waals surface area contributed by atoms with Crippen LogP contribution in [0.3, 0.4) is 0 Å². The van der Waals surface area contributed by atoms with Crippen LogP contribution in [0.4, 0.5) is 0 Å². The number of aliphatic hydroxyl groups is 1. The lowest BCUT2D eigenvalue weighted by molar-refractivity contribution is -0.161. The van der Waals surface area contributed by atoms with Gasteiger partial charge in [0.2, 0.25) is 0 Å². The Bertz CT molecular complexity index is 2810. The maximum Gasteiger partial charge on any atom is 0.472 e. The van der Waals surface area contributed by atoms with Crippen molar-refractivity contribution in [3.8, 4) is 0 Å². The van der Waals surface area contributed by atoms with E-state index < -0.39 is 97.5 Å². The van der Waals surface area contributed by atoms with Crippen molar-refractivity contribution in [2.24, 2.45) is 0 Å². The van der Waals surface area contributed by atoms with Gasteiger partial charge in [-0.3, -0.25) is 37.3 Å². The molecule has 0 saturated carbocycles. The Morgan fingerprint density at radius 2 is 0.509 bits per heavy atom. The number of esters is 4. The summed E-state index contributed by atoms with van der Waals surface area (Å²) >= 11 is 0. The SMILES string of the molecule is CC/C=C\C/C=C\C/C=C\C/C=C\C/C=C\C/C=C\CCC(=O)O[C@H](COC(=O)CCC/C=C\C/C=C\C/C=C\C/C=C\CCCCC)COP(=O)(O)OC[C@@H](O)COP(=O)(O)OC[C@@H](COC(=O)CCCCCCCCCCCCCCC)OC(=O)CC/C=C\C/C=C\C/C=C\C/C=C\C/C=C\C/C=C\CC. The molecule has 0 aromatic carbocycles. The number of allylic oxidation sites excluding steroid dienone is 32. The normalized spacial score (nSPS) is 14.8. The molecule has 0 spiro atoms. The number of phosphoric acid groups is 2. The van der Waals surface area contributed by atoms with E-state index in [1.165, 1.54) is 70.6 Å². The van der Waals surface area contributed by atoms with Crippen LogP contribution >= 0.6 is 15.6 Å². The number of hydrogen-bond acceptors (Lipinski definition) is 15. The van der Waals surface area contributed by atoms with Crippen LogP contribution in [0, 0.1) is 0 Å². The second-order valence-electron chi connectivity index (χ2n) is 26.2. The van der Waals surface area contributed by atoms with Crippen LogP contribution in [-0.2, 0) is 65.4 Å². The molecule has 0 aliphatic heterocycles. The van der Waals surface area contributed by atoms with Gasteiger partial charge >= 0.3 is 39.5 Å². The van der Waals surface area contributed by atoms with Crippen molar-refractivity contribution in [1.29, 1.82) is 0 Å². The summed E-state index contributed by atoms with van der Waals surface area (Å²) in [6.45, 7) is 4.36. The van der Waals surface area contributed by atoms with Gasteiger partial charge in [0.15, 0.2) is 12.2 Å². The largest absolute Gasteiger partial charge is 0.472 e. The first kappa shape index (κ1) is 102. The van der Waals surface area contributed by atoms with Gasteiger partial charge in [-0.1, -0.05) is 312 Å². The maximum atomic E-state index is 13.1. The molecule has 2 unspecified atom stereocenters. The van der Waals surface area contributed by atoms with Gasteiger partial charge in [-0.05, 0) is 141 Å². The minimum atomic E-state index is -5.03. The Morgan fingerprint density at radius 1 is 0.269 bits per heavy atom. The number of carbonyl (C=O) groups is 4. The topological polar surface area (TPSA) is 237 Å². The van der Waals surface area contributed by atoms with Gasteiger partial charge in [0, 0.05) is 25.7 Å². The van der Waals surface area contributed by atoms with E-state index in [0.717, 1.165) is 116 Å². The molecule has 0 saturated heterocycles. The third kappa shape index (κ3) is 78.0. The average molecular weight is 1550 g/mol. The van der Waals surface area contributed by atoms with Crippen molar-refractivity contribution >= 4 is 39.5 Å². The van der Waals surface area contributed by atoms with Gasteiger partial charge in [0.25, 0.3) is 0 Å². The van der Waals surface area contributed by atoms with Crippen LogP contribution in [0.1, 0.15) is 285 Å². The Balaban J connectivity index is 5.58. The number of ether oxygens (including phenoxy) is 4. The highest BCUT2D eigenvalue weighted by atomic mass is 31.2. The van der Waals surface area contributed by atoms with Crippen LogP contribution in [-0.4, -0.2) is 96.7 Å². The molecule has 0 aromatic heterocycles. The fourth-order valence-corrected chi connectivity index (χ4v) is 11.5. The number of rotatable bonds is 74. The molecule has 0 bridgehead atoms. The maximum absolute atomic E-state index is 13.1. The van der Waals surface area contributed by atoms with Crippen LogP contribution < -0.4 is 0 Å². The van der Waals surface area contributed by atoms with Crippen molar-refractivity contribution in [2.45, 2.75) is 303 Å². The van der Waals surface area contributed by atoms with E-state index in [4.69, 9.17) is 37.0 Å². The first-order valence-electron chi connectivity index (χ1n) is 40.7. The fraction of sp³-hybridized carbons (Fsp3) is 0.596. The van der Waals surface area contributed by atoms with Gasteiger partial charge in [-0.2, -0.15) is 0 Å². The first-order valence-corrected chi connectivity index (χ1v) is 43.7. The molecule has 0 aromatic rings. The Labute approximate surface area is 653 Å². The molecule has 0 aliphatic rings. The number of hydrogen-bond donors (Lipinski definition) is 3. The minimum Gasteiger partial charge on any atom is -0.462 e. The molecule has 3 N–H and O–H groups in total. The summed E-state index contributed by atoms with van der Waals surface area (Å²) in [7, 11) is -10.0. The number of unbranched alkanes of at least 4 members (excludes halogenated alkanes) is 16. The van der Waals surface area contributed by atoms with E-state index in [0.29, 0.717) is 44.9 Å². The first-order chi connectivity index (χ1) is 52.7. The molecule has 0 rings (SSSR count). The van der Waals surface area contributed by atoms with Crippen LogP contribution in [0.15, 0.2) is 194 Å². The lowest BCUT2D eigenvalue weighted by Crippen LogP contribution is -2.30. The summed E-state index contributed by atoms with van der Waals surface area (Å²) < 4.78 is 68.4. The number of aliphatic hydroxyl groups excluding tert-OH is 1. The standard InChI is InChI=1S/C89H142O17P2/c1-5-9-13-17-21-25-29-33-36-39-41-44-47-51-55-59-63-67-71-75-88(93)105-84(79-99-86(91)73-69-65-61-57-53-49-32-28-24-20-16-12-8-4)81-103-107(95,96)101-77-83(90)78-102-108(97,98)104-82-85(80-100-87(92)74-70-66-62-58-54-50-46-43-38-35-31-27-23-19-15-11-7-3)106-89(94)76-72-68-64-60-56-52-48-45-42-40-37-34-30-26-22-18-14-10-6-2/h9-10,13-14,21-23,25-27,33-38,41-42,44-46,50-52,55-56,58,62-64,67-68,83-85,90H,5-8,11-12,15-20,24,28-32,39-40,43,47-49,53-54,57,59-61,65-66,69-82H2,1-4H3,(H,95,96)(H,97,98)/b13-9-,14-10-,25-21-,26-22-,27-23-,36-33-,37-34-,38-35-,44-41-,45-42-,50-46-,55-51-,56-52-,62-58-,67-63-,68-64-/t83-,84+,85+/m0/s1. The lowest BCUT2D eigenvalue weighted by Gasteiger charge is -2.21. The van der Waals surface area contributed by atoms with Crippen molar-refractivity contribution in [3.63, 3.8) is 0 Å². The summed E-state index contributed by atoms with van der Waals surface area (Å²) in [5.74, 6) is -2.45. The Morgan fingerprint density at radius 3 is 0.815 bits per heavy atom. The van der Waals surface area contributed by atoms with Crippen molar-refractivity contribution in [3.05, 3.63) is 194 Å². The monoisotopic (exact) mass is 1540 g/mol. The third-order valence-electron chi connectivity index (χ3n) is 16.1. The molecular formula is C89H142O17P2. The summed E-state index contributed by atoms with van der Waals surface area (Å²) in [4.78, 5) is 73.0. The zero-order valence-corrected chi connectivity index (χ0v) is 68.5. The molecule has 0 aliphatic carbocycles. The predicted molar refractivity (Wildman–Crippen MR) is 445 cm³/mol. The molecular weight excluding hydrogens is 1400 g/mol. The van der Waals surface area contributed by atoms with Gasteiger partial charge in [0.05, 0.1) is 26.4 Å². The molecule has 5 atom stereocenters. The number of phosphoric ester groups is 2. The minimum absolute atomic E-state index is 0.0390. The average Bonchev–Trinajstić information content (AvgIpc) is 0.898. The zero-order chi connectivity index (χ0) is 78.9. The quantitative estimate of drug-likeness (QED) is 0.0169. The van der Waals surface area contributed by atoms with Crippen molar-refractivity contribution in [1.82, 2.24) is 0 Å². The smallest absolute Gasteiger partial charge is 0.462 e. The summed E-state index contributed by atoms with van der Waals surface area (Å²) in [6.07, 6.45) is 97.3.